The molecule has 188 valence electrons. The first-order chi connectivity index (χ1) is 16.1. The molecule has 1 aliphatic rings. The van der Waals surface area contributed by atoms with Gasteiger partial charge in [0, 0.05) is 31.7 Å². The van der Waals surface area contributed by atoms with Gasteiger partial charge in [-0.05, 0) is 89.4 Å². The van der Waals surface area contributed by atoms with Crippen LogP contribution in [0.4, 0.5) is 0 Å². The van der Waals surface area contributed by atoms with Crippen LogP contribution in [0.3, 0.4) is 0 Å². The summed E-state index contributed by atoms with van der Waals surface area (Å²) in [6.07, 6.45) is 1.66. The van der Waals surface area contributed by atoms with Gasteiger partial charge in [-0.1, -0.05) is 29.8 Å². The first kappa shape index (κ1) is 26.8. The number of likely N-dealkylation sites (tertiary alicyclic amines) is 1. The molecule has 2 aromatic carbocycles. The molecule has 0 bridgehead atoms. The van der Waals surface area contributed by atoms with Gasteiger partial charge in [0.1, 0.15) is 30.3 Å². The maximum atomic E-state index is 11.2. The lowest BCUT2D eigenvalue weighted by molar-refractivity contribution is -0.0620. The zero-order chi connectivity index (χ0) is 24.7. The van der Waals surface area contributed by atoms with Gasteiger partial charge in [-0.2, -0.15) is 0 Å². The van der Waals surface area contributed by atoms with E-state index in [0.717, 1.165) is 43.8 Å². The smallest absolute Gasteiger partial charge is 0.138 e. The van der Waals surface area contributed by atoms with Crippen LogP contribution in [0, 0.1) is 6.92 Å². The molecule has 3 rings (SSSR count). The molecule has 0 aromatic heterocycles. The normalized spacial score (nSPS) is 19.2. The third kappa shape index (κ3) is 7.88. The van der Waals surface area contributed by atoms with Crippen LogP contribution in [0.25, 0.3) is 0 Å². The number of rotatable bonds is 11. The van der Waals surface area contributed by atoms with Crippen molar-refractivity contribution >= 4 is 11.6 Å². The Morgan fingerprint density at radius 3 is 2.44 bits per heavy atom. The monoisotopic (exact) mass is 488 g/mol. The number of benzene rings is 2. The number of hydrogen-bond donors (Lipinski definition) is 1. The number of aryl methyl sites for hydroxylation is 1. The summed E-state index contributed by atoms with van der Waals surface area (Å²) >= 11 is 6.25. The number of aliphatic hydroxyl groups is 1. The van der Waals surface area contributed by atoms with Crippen LogP contribution in [0.5, 0.6) is 11.5 Å². The van der Waals surface area contributed by atoms with Crippen LogP contribution in [0.2, 0.25) is 5.02 Å². The fourth-order valence-electron chi connectivity index (χ4n) is 4.72. The van der Waals surface area contributed by atoms with Crippen LogP contribution in [0.1, 0.15) is 51.7 Å². The highest BCUT2D eigenvalue weighted by Gasteiger charge is 2.34. The highest BCUT2D eigenvalue weighted by molar-refractivity contribution is 6.32. The molecular formula is C28H41ClN2O3. The highest BCUT2D eigenvalue weighted by Crippen LogP contribution is 2.29. The molecule has 1 unspecified atom stereocenters. The average Bonchev–Trinajstić information content (AvgIpc) is 2.78. The predicted octanol–water partition coefficient (Wildman–Crippen LogP) is 5.55. The third-order valence-corrected chi connectivity index (χ3v) is 6.80. The molecule has 0 saturated carbocycles. The lowest BCUT2D eigenvalue weighted by Crippen LogP contribution is -2.51. The van der Waals surface area contributed by atoms with E-state index in [1.54, 1.807) is 0 Å². The van der Waals surface area contributed by atoms with E-state index < -0.39 is 5.60 Å². The Labute approximate surface area is 210 Å². The van der Waals surface area contributed by atoms with Gasteiger partial charge in [0.2, 0.25) is 0 Å². The van der Waals surface area contributed by atoms with Crippen LogP contribution in [-0.4, -0.2) is 65.4 Å². The van der Waals surface area contributed by atoms with E-state index in [2.05, 4.69) is 49.6 Å². The Morgan fingerprint density at radius 2 is 1.76 bits per heavy atom. The molecule has 0 amide bonds. The van der Waals surface area contributed by atoms with Gasteiger partial charge in [-0.25, -0.2) is 0 Å². The standard InChI is InChI=1S/C28H41ClN2O3/c1-21(2)31(22(3)4)15-16-33-25-10-8-24(9-11-25)18-30-14-6-13-28(32,19-30)20-34-27-17-23(5)7-12-26(27)29/h7-12,17,21-22,32H,6,13-16,18-20H2,1-5H3. The van der Waals surface area contributed by atoms with Crippen molar-refractivity contribution in [3.8, 4) is 11.5 Å². The molecule has 2 aromatic rings. The van der Waals surface area contributed by atoms with E-state index >= 15 is 0 Å². The van der Waals surface area contributed by atoms with Crippen molar-refractivity contribution in [1.82, 2.24) is 9.80 Å². The predicted molar refractivity (Wildman–Crippen MR) is 140 cm³/mol. The van der Waals surface area contributed by atoms with Crippen LogP contribution < -0.4 is 9.47 Å². The zero-order valence-electron chi connectivity index (χ0n) is 21.4. The van der Waals surface area contributed by atoms with E-state index in [0.29, 0.717) is 36.0 Å². The number of β-amino-alcohol motifs (C(OH)–C–C–N with tert-alkyl or cyclic N) is 1. The Morgan fingerprint density at radius 1 is 1.06 bits per heavy atom. The summed E-state index contributed by atoms with van der Waals surface area (Å²) in [5.41, 5.74) is 1.42. The Kier molecular flexibility index (Phi) is 9.66. The van der Waals surface area contributed by atoms with Crippen molar-refractivity contribution in [2.24, 2.45) is 0 Å². The molecular weight excluding hydrogens is 448 g/mol. The summed E-state index contributed by atoms with van der Waals surface area (Å²) in [5, 5.41) is 11.7. The largest absolute Gasteiger partial charge is 0.492 e. The molecule has 6 heteroatoms. The quantitative estimate of drug-likeness (QED) is 0.449. The van der Waals surface area contributed by atoms with Crippen LogP contribution >= 0.6 is 11.6 Å². The molecule has 1 atom stereocenters. The van der Waals surface area contributed by atoms with E-state index in [1.165, 1.54) is 5.56 Å². The summed E-state index contributed by atoms with van der Waals surface area (Å²) in [7, 11) is 0. The molecule has 1 heterocycles. The molecule has 1 N–H and O–H groups in total. The highest BCUT2D eigenvalue weighted by atomic mass is 35.5. The van der Waals surface area contributed by atoms with Crippen molar-refractivity contribution < 1.29 is 14.6 Å². The molecule has 34 heavy (non-hydrogen) atoms. The summed E-state index contributed by atoms with van der Waals surface area (Å²) in [6, 6.07) is 15.0. The number of piperidine rings is 1. The second-order valence-corrected chi connectivity index (χ2v) is 10.6. The average molecular weight is 489 g/mol. The van der Waals surface area contributed by atoms with Gasteiger partial charge in [-0.3, -0.25) is 9.80 Å². The summed E-state index contributed by atoms with van der Waals surface area (Å²) in [5.74, 6) is 1.53. The molecule has 0 spiro atoms. The first-order valence-electron chi connectivity index (χ1n) is 12.5. The SMILES string of the molecule is Cc1ccc(Cl)c(OCC2(O)CCCN(Cc3ccc(OCCN(C(C)C)C(C)C)cc3)C2)c1. The zero-order valence-corrected chi connectivity index (χ0v) is 22.1. The number of hydrogen-bond acceptors (Lipinski definition) is 5. The van der Waals surface area contributed by atoms with Gasteiger partial charge in [0.25, 0.3) is 0 Å². The van der Waals surface area contributed by atoms with E-state index in [-0.39, 0.29) is 6.61 Å². The number of nitrogens with zero attached hydrogens (tertiary/aromatic N) is 2. The topological polar surface area (TPSA) is 45.2 Å². The fourth-order valence-corrected chi connectivity index (χ4v) is 4.90. The number of ether oxygens (including phenoxy) is 2. The molecule has 1 aliphatic heterocycles. The van der Waals surface area contributed by atoms with Crippen molar-refractivity contribution in [3.05, 3.63) is 58.6 Å². The molecule has 0 aliphatic carbocycles. The van der Waals surface area contributed by atoms with E-state index in [9.17, 15) is 5.11 Å². The second-order valence-electron chi connectivity index (χ2n) is 10.2. The van der Waals surface area contributed by atoms with Gasteiger partial charge in [0.15, 0.2) is 0 Å². The van der Waals surface area contributed by atoms with E-state index in [4.69, 9.17) is 21.1 Å². The molecule has 1 fully saturated rings. The van der Waals surface area contributed by atoms with Gasteiger partial charge < -0.3 is 14.6 Å². The summed E-state index contributed by atoms with van der Waals surface area (Å²) < 4.78 is 11.9. The first-order valence-corrected chi connectivity index (χ1v) is 12.8. The fraction of sp³-hybridized carbons (Fsp3) is 0.571. The molecule has 0 radical (unpaired) electrons. The molecule has 1 saturated heterocycles. The lowest BCUT2D eigenvalue weighted by Gasteiger charge is -2.39. The maximum absolute atomic E-state index is 11.2. The Hall–Kier alpha value is -1.79. The van der Waals surface area contributed by atoms with Gasteiger partial charge >= 0.3 is 0 Å². The molecule has 5 nitrogen and oxygen atoms in total. The minimum absolute atomic E-state index is 0.239. The minimum Gasteiger partial charge on any atom is -0.492 e. The van der Waals surface area contributed by atoms with Crippen molar-refractivity contribution in [1.29, 1.82) is 0 Å². The minimum atomic E-state index is -0.882. The Bertz CT molecular complexity index is 895. The Balaban J connectivity index is 1.49. The van der Waals surface area contributed by atoms with Crippen LogP contribution in [0.15, 0.2) is 42.5 Å². The third-order valence-electron chi connectivity index (χ3n) is 6.49. The van der Waals surface area contributed by atoms with Crippen molar-refractivity contribution in [2.75, 3.05) is 32.8 Å². The van der Waals surface area contributed by atoms with E-state index in [1.807, 2.05) is 37.3 Å². The number of halogens is 1. The van der Waals surface area contributed by atoms with Crippen LogP contribution in [-0.2, 0) is 6.54 Å². The van der Waals surface area contributed by atoms with Gasteiger partial charge in [-0.15, -0.1) is 0 Å². The van der Waals surface area contributed by atoms with Crippen molar-refractivity contribution in [3.63, 3.8) is 0 Å². The lowest BCUT2D eigenvalue weighted by atomic mass is 9.93. The van der Waals surface area contributed by atoms with Crippen molar-refractivity contribution in [2.45, 2.75) is 71.7 Å². The second kappa shape index (κ2) is 12.3. The maximum Gasteiger partial charge on any atom is 0.138 e. The summed E-state index contributed by atoms with van der Waals surface area (Å²) in [4.78, 5) is 4.73. The van der Waals surface area contributed by atoms with Gasteiger partial charge in [0.05, 0.1) is 5.02 Å². The summed E-state index contributed by atoms with van der Waals surface area (Å²) in [6.45, 7) is 15.1.